The molecule has 2 heterocycles. The SMILES string of the molecule is Cc1csc(Sc2ccc(C(=O)N3c4ccccc4CC3C)cc2[N+](=O)[O-])n1. The molecule has 1 aliphatic rings. The quantitative estimate of drug-likeness (QED) is 0.441. The number of fused-ring (bicyclic) bond motifs is 1. The van der Waals surface area contributed by atoms with Gasteiger partial charge in [0, 0.05) is 34.4 Å². The summed E-state index contributed by atoms with van der Waals surface area (Å²) in [5.74, 6) is -0.220. The second-order valence-corrected chi connectivity index (χ2v) is 8.80. The highest BCUT2D eigenvalue weighted by atomic mass is 32.2. The fourth-order valence-electron chi connectivity index (χ4n) is 3.37. The zero-order valence-corrected chi connectivity index (χ0v) is 16.9. The first-order valence-corrected chi connectivity index (χ1v) is 10.4. The molecule has 6 nitrogen and oxygen atoms in total. The van der Waals surface area contributed by atoms with E-state index in [4.69, 9.17) is 0 Å². The monoisotopic (exact) mass is 411 g/mol. The highest BCUT2D eigenvalue weighted by molar-refractivity contribution is 8.01. The molecule has 2 aromatic carbocycles. The van der Waals surface area contributed by atoms with E-state index in [9.17, 15) is 14.9 Å². The molecule has 0 bridgehead atoms. The molecule has 0 saturated heterocycles. The van der Waals surface area contributed by atoms with E-state index < -0.39 is 4.92 Å². The third kappa shape index (κ3) is 3.41. The Balaban J connectivity index is 1.68. The molecule has 8 heteroatoms. The summed E-state index contributed by atoms with van der Waals surface area (Å²) in [6.07, 6.45) is 0.779. The van der Waals surface area contributed by atoms with Gasteiger partial charge < -0.3 is 4.90 Å². The molecule has 0 fully saturated rings. The Bertz CT molecular complexity index is 1080. The first-order chi connectivity index (χ1) is 13.4. The molecule has 0 N–H and O–H groups in total. The van der Waals surface area contributed by atoms with Gasteiger partial charge in [0.05, 0.1) is 9.82 Å². The summed E-state index contributed by atoms with van der Waals surface area (Å²) in [5.41, 5.74) is 3.10. The van der Waals surface area contributed by atoms with Crippen LogP contribution in [-0.2, 0) is 6.42 Å². The average Bonchev–Trinajstić information content (AvgIpc) is 3.23. The van der Waals surface area contributed by atoms with Gasteiger partial charge in [-0.3, -0.25) is 14.9 Å². The summed E-state index contributed by atoms with van der Waals surface area (Å²) < 4.78 is 0.738. The molecule has 0 aliphatic carbocycles. The maximum Gasteiger partial charge on any atom is 0.284 e. The molecule has 142 valence electrons. The van der Waals surface area contributed by atoms with Crippen molar-refractivity contribution in [2.45, 2.75) is 35.5 Å². The molecule has 1 aromatic heterocycles. The standard InChI is InChI=1S/C20H17N3O3S2/c1-12-11-27-20(21-12)28-18-8-7-15(10-17(18)23(25)26)19(24)22-13(2)9-14-5-3-4-6-16(14)22/h3-8,10-11,13H,9H2,1-2H3. The molecule has 3 aromatic rings. The first-order valence-electron chi connectivity index (χ1n) is 8.74. The van der Waals surface area contributed by atoms with Gasteiger partial charge in [-0.2, -0.15) is 0 Å². The van der Waals surface area contributed by atoms with Crippen molar-refractivity contribution in [1.29, 1.82) is 0 Å². The molecule has 1 amide bonds. The van der Waals surface area contributed by atoms with Crippen molar-refractivity contribution in [3.8, 4) is 0 Å². The highest BCUT2D eigenvalue weighted by Crippen LogP contribution is 2.38. The van der Waals surface area contributed by atoms with Crippen molar-refractivity contribution in [3.63, 3.8) is 0 Å². The van der Waals surface area contributed by atoms with Gasteiger partial charge in [-0.05, 0) is 44.0 Å². The number of anilines is 1. The van der Waals surface area contributed by atoms with E-state index in [1.54, 1.807) is 17.0 Å². The number of benzene rings is 2. The van der Waals surface area contributed by atoms with Gasteiger partial charge in [-0.15, -0.1) is 11.3 Å². The van der Waals surface area contributed by atoms with E-state index in [1.807, 2.05) is 43.5 Å². The first kappa shape index (κ1) is 18.6. The predicted octanol–water partition coefficient (Wildman–Crippen LogP) is 5.10. The van der Waals surface area contributed by atoms with Gasteiger partial charge in [0.1, 0.15) is 0 Å². The summed E-state index contributed by atoms with van der Waals surface area (Å²) in [6.45, 7) is 3.87. The van der Waals surface area contributed by atoms with Gasteiger partial charge in [0.2, 0.25) is 0 Å². The zero-order chi connectivity index (χ0) is 19.8. The van der Waals surface area contributed by atoms with Gasteiger partial charge in [0.25, 0.3) is 11.6 Å². The minimum absolute atomic E-state index is 0.0105. The Morgan fingerprint density at radius 1 is 1.32 bits per heavy atom. The Labute approximate surface area is 170 Å². The van der Waals surface area contributed by atoms with Gasteiger partial charge in [-0.25, -0.2) is 4.98 Å². The van der Waals surface area contributed by atoms with E-state index in [0.717, 1.165) is 27.7 Å². The van der Waals surface area contributed by atoms with Crippen LogP contribution in [-0.4, -0.2) is 21.9 Å². The van der Waals surface area contributed by atoms with Crippen LogP contribution in [0.5, 0.6) is 0 Å². The van der Waals surface area contributed by atoms with Crippen molar-refractivity contribution in [3.05, 3.63) is 74.8 Å². The number of nitro groups is 1. The second-order valence-electron chi connectivity index (χ2n) is 6.65. The lowest BCUT2D eigenvalue weighted by Gasteiger charge is -2.22. The molecule has 0 radical (unpaired) electrons. The van der Waals surface area contributed by atoms with Crippen molar-refractivity contribution < 1.29 is 9.72 Å². The number of nitro benzene ring substituents is 1. The number of carbonyl (C=O) groups excluding carboxylic acids is 1. The van der Waals surface area contributed by atoms with Crippen LogP contribution in [0.4, 0.5) is 11.4 Å². The molecular formula is C20H17N3O3S2. The smallest absolute Gasteiger partial charge is 0.284 e. The lowest BCUT2D eigenvalue weighted by atomic mass is 10.1. The van der Waals surface area contributed by atoms with Crippen LogP contribution >= 0.6 is 23.1 Å². The topological polar surface area (TPSA) is 76.3 Å². The maximum absolute atomic E-state index is 13.2. The number of hydrogen-bond acceptors (Lipinski definition) is 6. The highest BCUT2D eigenvalue weighted by Gasteiger charge is 2.32. The predicted molar refractivity (Wildman–Crippen MR) is 110 cm³/mol. The summed E-state index contributed by atoms with van der Waals surface area (Å²) in [7, 11) is 0. The Kier molecular flexibility index (Phi) is 4.91. The van der Waals surface area contributed by atoms with Crippen molar-refractivity contribution in [2.75, 3.05) is 4.90 Å². The van der Waals surface area contributed by atoms with Crippen molar-refractivity contribution >= 4 is 40.4 Å². The molecule has 0 spiro atoms. The van der Waals surface area contributed by atoms with Crippen LogP contribution in [0.15, 0.2) is 57.1 Å². The van der Waals surface area contributed by atoms with Gasteiger partial charge >= 0.3 is 0 Å². The number of aryl methyl sites for hydroxylation is 1. The third-order valence-corrected chi connectivity index (χ3v) is 6.75. The zero-order valence-electron chi connectivity index (χ0n) is 15.3. The molecule has 1 aliphatic heterocycles. The maximum atomic E-state index is 13.2. The lowest BCUT2D eigenvalue weighted by Crippen LogP contribution is -2.35. The molecular weight excluding hydrogens is 394 g/mol. The normalized spacial score (nSPS) is 15.5. The van der Waals surface area contributed by atoms with E-state index in [1.165, 1.54) is 29.2 Å². The fourth-order valence-corrected chi connectivity index (χ4v) is 5.25. The largest absolute Gasteiger partial charge is 0.305 e. The van der Waals surface area contributed by atoms with Gasteiger partial charge in [0.15, 0.2) is 4.34 Å². The number of thiazole rings is 1. The molecule has 0 saturated carbocycles. The summed E-state index contributed by atoms with van der Waals surface area (Å²) in [6, 6.07) is 12.5. The molecule has 4 rings (SSSR count). The van der Waals surface area contributed by atoms with Crippen LogP contribution in [0.1, 0.15) is 28.5 Å². The number of nitrogens with zero attached hydrogens (tertiary/aromatic N) is 3. The van der Waals surface area contributed by atoms with E-state index in [2.05, 4.69) is 4.98 Å². The Morgan fingerprint density at radius 2 is 2.11 bits per heavy atom. The fraction of sp³-hybridized carbons (Fsp3) is 0.200. The van der Waals surface area contributed by atoms with E-state index in [0.29, 0.717) is 10.5 Å². The van der Waals surface area contributed by atoms with Crippen LogP contribution in [0.25, 0.3) is 0 Å². The average molecular weight is 412 g/mol. The van der Waals surface area contributed by atoms with Crippen molar-refractivity contribution in [1.82, 2.24) is 4.98 Å². The number of para-hydroxylation sites is 1. The summed E-state index contributed by atoms with van der Waals surface area (Å²) >= 11 is 2.69. The number of hydrogen-bond donors (Lipinski definition) is 0. The van der Waals surface area contributed by atoms with E-state index >= 15 is 0 Å². The van der Waals surface area contributed by atoms with Crippen molar-refractivity contribution in [2.24, 2.45) is 0 Å². The van der Waals surface area contributed by atoms with Crippen LogP contribution in [0, 0.1) is 17.0 Å². The Morgan fingerprint density at radius 3 is 2.82 bits per heavy atom. The Hall–Kier alpha value is -2.71. The summed E-state index contributed by atoms with van der Waals surface area (Å²) in [5, 5.41) is 13.5. The number of amides is 1. The minimum Gasteiger partial charge on any atom is -0.305 e. The van der Waals surface area contributed by atoms with E-state index in [-0.39, 0.29) is 17.6 Å². The van der Waals surface area contributed by atoms with Crippen LogP contribution < -0.4 is 4.90 Å². The van der Waals surface area contributed by atoms with Crippen LogP contribution in [0.2, 0.25) is 0 Å². The summed E-state index contributed by atoms with van der Waals surface area (Å²) in [4.78, 5) is 30.9. The molecule has 1 atom stereocenters. The number of rotatable bonds is 4. The second kappa shape index (κ2) is 7.37. The molecule has 1 unspecified atom stereocenters. The minimum atomic E-state index is -0.444. The third-order valence-electron chi connectivity index (χ3n) is 4.62. The molecule has 28 heavy (non-hydrogen) atoms. The number of aromatic nitrogens is 1. The van der Waals surface area contributed by atoms with Crippen LogP contribution in [0.3, 0.4) is 0 Å². The number of carbonyl (C=O) groups is 1. The lowest BCUT2D eigenvalue weighted by molar-refractivity contribution is -0.387. The van der Waals surface area contributed by atoms with Gasteiger partial charge in [-0.1, -0.05) is 30.0 Å².